The normalized spacial score (nSPS) is 32.5. The Labute approximate surface area is 106 Å². The first kappa shape index (κ1) is 13.3. The van der Waals surface area contributed by atoms with Crippen LogP contribution in [0.3, 0.4) is 0 Å². The maximum Gasteiger partial charge on any atom is 0.0235 e. The van der Waals surface area contributed by atoms with E-state index in [4.69, 9.17) is 0 Å². The first-order valence-corrected chi connectivity index (χ1v) is 7.00. The van der Waals surface area contributed by atoms with Gasteiger partial charge in [-0.05, 0) is 27.4 Å². The monoisotopic (exact) mass is 240 g/mol. The molecule has 0 radical (unpaired) electrons. The summed E-state index contributed by atoms with van der Waals surface area (Å²) < 4.78 is 0. The second-order valence-electron chi connectivity index (χ2n) is 5.75. The van der Waals surface area contributed by atoms with Gasteiger partial charge < -0.3 is 15.1 Å². The Morgan fingerprint density at radius 1 is 1.29 bits per heavy atom. The highest BCUT2D eigenvalue weighted by atomic mass is 15.3. The molecule has 4 nitrogen and oxygen atoms in total. The fourth-order valence-electron chi connectivity index (χ4n) is 2.90. The molecule has 0 aromatic rings. The van der Waals surface area contributed by atoms with Gasteiger partial charge in [-0.1, -0.05) is 0 Å². The summed E-state index contributed by atoms with van der Waals surface area (Å²) in [5, 5.41) is 3.41. The first-order chi connectivity index (χ1) is 8.16. The molecule has 2 rings (SSSR count). The molecule has 2 saturated heterocycles. The van der Waals surface area contributed by atoms with Crippen molar-refractivity contribution >= 4 is 0 Å². The van der Waals surface area contributed by atoms with Crippen molar-refractivity contribution in [2.45, 2.75) is 25.4 Å². The van der Waals surface area contributed by atoms with E-state index in [2.05, 4.69) is 41.0 Å². The van der Waals surface area contributed by atoms with Crippen LogP contribution >= 0.6 is 0 Å². The van der Waals surface area contributed by atoms with Crippen LogP contribution in [0, 0.1) is 0 Å². The minimum atomic E-state index is 0.752. The second-order valence-corrected chi connectivity index (χ2v) is 5.75. The van der Waals surface area contributed by atoms with Gasteiger partial charge in [-0.3, -0.25) is 4.90 Å². The third-order valence-electron chi connectivity index (χ3n) is 4.47. The Balaban J connectivity index is 1.68. The molecule has 2 unspecified atom stereocenters. The Morgan fingerprint density at radius 2 is 2.00 bits per heavy atom. The summed E-state index contributed by atoms with van der Waals surface area (Å²) in [7, 11) is 4.54. The second kappa shape index (κ2) is 6.14. The zero-order valence-electron chi connectivity index (χ0n) is 11.7. The van der Waals surface area contributed by atoms with Gasteiger partial charge in [-0.25, -0.2) is 0 Å². The number of nitrogens with zero attached hydrogens (tertiary/aromatic N) is 3. The maximum atomic E-state index is 3.41. The van der Waals surface area contributed by atoms with E-state index < -0.39 is 0 Å². The van der Waals surface area contributed by atoms with Crippen LogP contribution in [-0.4, -0.2) is 86.7 Å². The predicted molar refractivity (Wildman–Crippen MR) is 72.4 cm³/mol. The Kier molecular flexibility index (Phi) is 4.79. The van der Waals surface area contributed by atoms with Crippen LogP contribution in [0.4, 0.5) is 0 Å². The van der Waals surface area contributed by atoms with E-state index in [1.165, 1.54) is 39.1 Å². The number of hydrogen-bond acceptors (Lipinski definition) is 4. The lowest BCUT2D eigenvalue weighted by Crippen LogP contribution is -2.47. The van der Waals surface area contributed by atoms with Crippen molar-refractivity contribution in [3.63, 3.8) is 0 Å². The number of hydrogen-bond donors (Lipinski definition) is 1. The van der Waals surface area contributed by atoms with Gasteiger partial charge in [0.25, 0.3) is 0 Å². The van der Waals surface area contributed by atoms with Crippen LogP contribution in [-0.2, 0) is 0 Å². The molecular formula is C13H28N4. The predicted octanol–water partition coefficient (Wildman–Crippen LogP) is -0.0840. The molecule has 0 aromatic heterocycles. The van der Waals surface area contributed by atoms with E-state index in [0.29, 0.717) is 0 Å². The summed E-state index contributed by atoms with van der Waals surface area (Å²) in [6, 6.07) is 1.51. The molecule has 0 aromatic carbocycles. The summed E-state index contributed by atoms with van der Waals surface area (Å²) in [4.78, 5) is 7.61. The molecule has 4 heteroatoms. The summed E-state index contributed by atoms with van der Waals surface area (Å²) in [5.41, 5.74) is 0. The van der Waals surface area contributed by atoms with Crippen molar-refractivity contribution < 1.29 is 0 Å². The average Bonchev–Trinajstić information content (AvgIpc) is 2.68. The number of rotatable bonds is 4. The Bertz CT molecular complexity index is 217. The first-order valence-electron chi connectivity index (χ1n) is 7.00. The van der Waals surface area contributed by atoms with E-state index in [9.17, 15) is 0 Å². The Hall–Kier alpha value is -0.160. The minimum Gasteiger partial charge on any atom is -0.314 e. The standard InChI is InChI=1S/C13H28N4/c1-12-10-13(11-16(12)3)15(2)8-9-17-6-4-14-5-7-17/h12-14H,4-11H2,1-3H3. The lowest BCUT2D eigenvalue weighted by molar-refractivity contribution is 0.178. The molecule has 0 amide bonds. The van der Waals surface area contributed by atoms with Gasteiger partial charge in [0, 0.05) is 57.9 Å². The molecule has 2 heterocycles. The highest BCUT2D eigenvalue weighted by Crippen LogP contribution is 2.18. The maximum absolute atomic E-state index is 3.41. The molecule has 0 bridgehead atoms. The zero-order chi connectivity index (χ0) is 12.3. The molecule has 2 fully saturated rings. The van der Waals surface area contributed by atoms with Crippen LogP contribution in [0.2, 0.25) is 0 Å². The van der Waals surface area contributed by atoms with E-state index in [1.54, 1.807) is 0 Å². The van der Waals surface area contributed by atoms with Crippen LogP contribution < -0.4 is 5.32 Å². The number of likely N-dealkylation sites (tertiary alicyclic amines) is 1. The van der Waals surface area contributed by atoms with Gasteiger partial charge in [0.1, 0.15) is 0 Å². The fourth-order valence-corrected chi connectivity index (χ4v) is 2.90. The van der Waals surface area contributed by atoms with Crippen LogP contribution in [0.1, 0.15) is 13.3 Å². The largest absolute Gasteiger partial charge is 0.314 e. The van der Waals surface area contributed by atoms with Gasteiger partial charge in [0.2, 0.25) is 0 Å². The topological polar surface area (TPSA) is 21.8 Å². The fraction of sp³-hybridized carbons (Fsp3) is 1.00. The molecule has 1 N–H and O–H groups in total. The van der Waals surface area contributed by atoms with Crippen LogP contribution in [0.15, 0.2) is 0 Å². The van der Waals surface area contributed by atoms with Crippen molar-refractivity contribution in [1.29, 1.82) is 0 Å². The van der Waals surface area contributed by atoms with Gasteiger partial charge in [-0.2, -0.15) is 0 Å². The van der Waals surface area contributed by atoms with Crippen LogP contribution in [0.5, 0.6) is 0 Å². The minimum absolute atomic E-state index is 0.752. The number of nitrogens with one attached hydrogen (secondary N) is 1. The smallest absolute Gasteiger partial charge is 0.0235 e. The lowest BCUT2D eigenvalue weighted by atomic mass is 10.1. The van der Waals surface area contributed by atoms with E-state index in [-0.39, 0.29) is 0 Å². The third-order valence-corrected chi connectivity index (χ3v) is 4.47. The average molecular weight is 240 g/mol. The Morgan fingerprint density at radius 3 is 2.59 bits per heavy atom. The van der Waals surface area contributed by atoms with Crippen molar-refractivity contribution in [3.8, 4) is 0 Å². The summed E-state index contributed by atoms with van der Waals surface area (Å²) in [6.07, 6.45) is 1.33. The lowest BCUT2D eigenvalue weighted by Gasteiger charge is -2.31. The van der Waals surface area contributed by atoms with Gasteiger partial charge in [0.15, 0.2) is 0 Å². The quantitative estimate of drug-likeness (QED) is 0.742. The molecule has 2 aliphatic rings. The molecule has 0 spiro atoms. The van der Waals surface area contributed by atoms with Crippen molar-refractivity contribution in [3.05, 3.63) is 0 Å². The zero-order valence-corrected chi connectivity index (χ0v) is 11.7. The highest BCUT2D eigenvalue weighted by Gasteiger charge is 2.28. The molecule has 100 valence electrons. The van der Waals surface area contributed by atoms with Crippen LogP contribution in [0.25, 0.3) is 0 Å². The molecule has 17 heavy (non-hydrogen) atoms. The van der Waals surface area contributed by atoms with Gasteiger partial charge >= 0.3 is 0 Å². The SMILES string of the molecule is CC1CC(N(C)CCN2CCNCC2)CN1C. The van der Waals surface area contributed by atoms with Crippen molar-refractivity contribution in [2.75, 3.05) is 59.9 Å². The number of likely N-dealkylation sites (N-methyl/N-ethyl adjacent to an activating group) is 2. The van der Waals surface area contributed by atoms with Gasteiger partial charge in [0.05, 0.1) is 0 Å². The van der Waals surface area contributed by atoms with E-state index in [1.807, 2.05) is 0 Å². The van der Waals surface area contributed by atoms with Crippen molar-refractivity contribution in [2.24, 2.45) is 0 Å². The molecule has 2 aliphatic heterocycles. The van der Waals surface area contributed by atoms with Crippen molar-refractivity contribution in [1.82, 2.24) is 20.0 Å². The number of piperazine rings is 1. The summed E-state index contributed by atoms with van der Waals surface area (Å²) in [6.45, 7) is 10.8. The third kappa shape index (κ3) is 3.65. The van der Waals surface area contributed by atoms with E-state index >= 15 is 0 Å². The molecule has 0 saturated carbocycles. The molecule has 2 atom stereocenters. The van der Waals surface area contributed by atoms with E-state index in [0.717, 1.165) is 25.2 Å². The highest BCUT2D eigenvalue weighted by molar-refractivity contribution is 4.86. The summed E-state index contributed by atoms with van der Waals surface area (Å²) in [5.74, 6) is 0. The summed E-state index contributed by atoms with van der Waals surface area (Å²) >= 11 is 0. The molecular weight excluding hydrogens is 212 g/mol. The van der Waals surface area contributed by atoms with Gasteiger partial charge in [-0.15, -0.1) is 0 Å². The molecule has 0 aliphatic carbocycles.